The molecule has 0 aliphatic carbocycles. The van der Waals surface area contributed by atoms with Gasteiger partial charge in [0.05, 0.1) is 0 Å². The zero-order valence-corrected chi connectivity index (χ0v) is 11.1. The molecule has 19 heavy (non-hydrogen) atoms. The van der Waals surface area contributed by atoms with E-state index in [4.69, 9.17) is 0 Å². The lowest BCUT2D eigenvalue weighted by Gasteiger charge is -2.04. The number of Topliss-reactive ketones (excluding diaryl/α,β-unsaturated/α-hetero) is 3. The molecule has 0 aromatic carbocycles. The van der Waals surface area contributed by atoms with Gasteiger partial charge < -0.3 is 9.80 Å². The average Bonchev–Trinajstić information content (AvgIpc) is 2.78. The Bertz CT molecular complexity index is 457. The number of hydrogen-bond acceptors (Lipinski definition) is 5. The summed E-state index contributed by atoms with van der Waals surface area (Å²) in [5.74, 6) is -2.66. The van der Waals surface area contributed by atoms with E-state index in [1.807, 2.05) is 0 Å². The van der Waals surface area contributed by atoms with Crippen LogP contribution in [-0.4, -0.2) is 66.1 Å². The van der Waals surface area contributed by atoms with Crippen LogP contribution in [0.15, 0.2) is 0 Å². The van der Waals surface area contributed by atoms with Gasteiger partial charge in [-0.15, -0.1) is 0 Å². The summed E-state index contributed by atoms with van der Waals surface area (Å²) in [6.45, 7) is 2.17. The quantitative estimate of drug-likeness (QED) is 0.433. The molecule has 0 aromatic heterocycles. The highest BCUT2D eigenvalue weighted by molar-refractivity contribution is 6.42. The zero-order chi connectivity index (χ0) is 14.7. The first kappa shape index (κ1) is 15.0. The minimum atomic E-state index is -0.715. The summed E-state index contributed by atoms with van der Waals surface area (Å²) in [7, 11) is 3.15. The lowest BCUT2D eigenvalue weighted by atomic mass is 10.0. The van der Waals surface area contributed by atoms with E-state index >= 15 is 0 Å². The molecule has 7 nitrogen and oxygen atoms in total. The third kappa shape index (κ3) is 3.24. The fraction of sp³-hybridized carbons (Fsp3) is 0.583. The molecule has 104 valence electrons. The van der Waals surface area contributed by atoms with Crippen molar-refractivity contribution < 1.29 is 24.0 Å². The summed E-state index contributed by atoms with van der Waals surface area (Å²) >= 11 is 0. The van der Waals surface area contributed by atoms with E-state index in [2.05, 4.69) is 0 Å². The van der Waals surface area contributed by atoms with Crippen LogP contribution >= 0.6 is 0 Å². The molecule has 2 rings (SSSR count). The van der Waals surface area contributed by atoms with Gasteiger partial charge in [-0.1, -0.05) is 0 Å². The lowest BCUT2D eigenvalue weighted by Crippen LogP contribution is -2.22. The minimum absolute atomic E-state index is 0.229. The molecule has 2 heterocycles. The zero-order valence-electron chi connectivity index (χ0n) is 11.1. The predicted octanol–water partition coefficient (Wildman–Crippen LogP) is -1.35. The third-order valence-electron chi connectivity index (χ3n) is 3.08. The van der Waals surface area contributed by atoms with Gasteiger partial charge in [0, 0.05) is 33.6 Å². The number of amides is 2. The Balaban J connectivity index is 0.000000200. The van der Waals surface area contributed by atoms with E-state index in [0.717, 1.165) is 0 Å². The Morgan fingerprint density at radius 1 is 1.05 bits per heavy atom. The highest BCUT2D eigenvalue weighted by Crippen LogP contribution is 2.12. The minimum Gasteiger partial charge on any atom is -0.339 e. The number of carbonyl (C=O) groups excluding carboxylic acids is 5. The smallest absolute Gasteiger partial charge is 0.290 e. The highest BCUT2D eigenvalue weighted by atomic mass is 16.2. The molecule has 7 heteroatoms. The van der Waals surface area contributed by atoms with Crippen LogP contribution in [0.1, 0.15) is 13.3 Å². The second kappa shape index (κ2) is 5.73. The van der Waals surface area contributed by atoms with Crippen LogP contribution < -0.4 is 0 Å². The summed E-state index contributed by atoms with van der Waals surface area (Å²) in [5.41, 5.74) is 0. The Hall–Kier alpha value is -2.05. The van der Waals surface area contributed by atoms with E-state index in [1.165, 1.54) is 23.8 Å². The first-order chi connectivity index (χ1) is 8.75. The van der Waals surface area contributed by atoms with Crippen molar-refractivity contribution in [3.63, 3.8) is 0 Å². The molecule has 2 aliphatic heterocycles. The summed E-state index contributed by atoms with van der Waals surface area (Å²) in [6, 6.07) is 0. The molecular weight excluding hydrogens is 252 g/mol. The number of rotatable bonds is 1. The molecule has 0 saturated carbocycles. The Morgan fingerprint density at radius 3 is 1.79 bits per heavy atom. The van der Waals surface area contributed by atoms with Crippen molar-refractivity contribution in [3.05, 3.63) is 0 Å². The molecular formula is C12H16N2O5. The van der Waals surface area contributed by atoms with Gasteiger partial charge in [-0.05, 0) is 6.92 Å². The Kier molecular flexibility index (Phi) is 4.52. The van der Waals surface area contributed by atoms with Gasteiger partial charge in [-0.2, -0.15) is 0 Å². The number of carbonyl (C=O) groups is 5. The van der Waals surface area contributed by atoms with Crippen molar-refractivity contribution in [2.24, 2.45) is 5.92 Å². The molecule has 0 aromatic rings. The van der Waals surface area contributed by atoms with Crippen molar-refractivity contribution in [2.75, 3.05) is 27.2 Å². The summed E-state index contributed by atoms with van der Waals surface area (Å²) in [5, 5.41) is 0. The molecule has 2 saturated heterocycles. The van der Waals surface area contributed by atoms with E-state index in [0.29, 0.717) is 13.0 Å². The number of nitrogens with zero attached hydrogens (tertiary/aromatic N) is 2. The van der Waals surface area contributed by atoms with Crippen molar-refractivity contribution in [3.8, 4) is 0 Å². The normalized spacial score (nSPS) is 22.8. The number of likely N-dealkylation sites (tertiary alicyclic amines) is 2. The van der Waals surface area contributed by atoms with Crippen LogP contribution in [0.2, 0.25) is 0 Å². The molecule has 2 amide bonds. The number of hydrogen-bond donors (Lipinski definition) is 0. The van der Waals surface area contributed by atoms with E-state index < -0.39 is 17.6 Å². The van der Waals surface area contributed by atoms with Gasteiger partial charge in [0.25, 0.3) is 11.8 Å². The molecule has 0 spiro atoms. The van der Waals surface area contributed by atoms with Crippen molar-refractivity contribution in [1.29, 1.82) is 0 Å². The Morgan fingerprint density at radius 2 is 1.63 bits per heavy atom. The highest BCUT2D eigenvalue weighted by Gasteiger charge is 2.39. The second-order valence-electron chi connectivity index (χ2n) is 4.61. The van der Waals surface area contributed by atoms with Crippen LogP contribution in [0.3, 0.4) is 0 Å². The largest absolute Gasteiger partial charge is 0.339 e. The maximum atomic E-state index is 10.9. The van der Waals surface area contributed by atoms with Crippen molar-refractivity contribution in [2.45, 2.75) is 13.3 Å². The van der Waals surface area contributed by atoms with Gasteiger partial charge in [0.2, 0.25) is 11.6 Å². The Labute approximate surface area is 110 Å². The van der Waals surface area contributed by atoms with Gasteiger partial charge in [-0.3, -0.25) is 24.0 Å². The summed E-state index contributed by atoms with van der Waals surface area (Å²) in [6.07, 6.45) is 0.398. The molecule has 2 fully saturated rings. The SMILES string of the molecule is CC(=O)C1CN(C)C(=O)C1=O.CN1CCC(=O)C1=O. The average molecular weight is 268 g/mol. The van der Waals surface area contributed by atoms with Crippen LogP contribution in [0, 0.1) is 5.92 Å². The second-order valence-corrected chi connectivity index (χ2v) is 4.61. The van der Waals surface area contributed by atoms with Crippen LogP contribution in [0.5, 0.6) is 0 Å². The predicted molar refractivity (Wildman–Crippen MR) is 64.1 cm³/mol. The number of likely N-dealkylation sites (N-methyl/N-ethyl adjacent to an activating group) is 2. The van der Waals surface area contributed by atoms with Gasteiger partial charge >= 0.3 is 0 Å². The molecule has 0 bridgehead atoms. The summed E-state index contributed by atoms with van der Waals surface area (Å²) < 4.78 is 0. The van der Waals surface area contributed by atoms with Crippen LogP contribution in [0.4, 0.5) is 0 Å². The van der Waals surface area contributed by atoms with E-state index in [1.54, 1.807) is 7.05 Å². The third-order valence-corrected chi connectivity index (χ3v) is 3.08. The topological polar surface area (TPSA) is 91.8 Å². The first-order valence-electron chi connectivity index (χ1n) is 5.83. The standard InChI is InChI=1S/C7H9NO3.C5H7NO2/c1-4(9)5-3-8(2)7(11)6(5)10;1-6-3-2-4(7)5(6)8/h5H,3H2,1-2H3;2-3H2,1H3. The molecule has 0 radical (unpaired) electrons. The fourth-order valence-corrected chi connectivity index (χ4v) is 1.78. The monoisotopic (exact) mass is 268 g/mol. The summed E-state index contributed by atoms with van der Waals surface area (Å²) in [4.78, 5) is 56.1. The van der Waals surface area contributed by atoms with Crippen molar-refractivity contribution >= 4 is 29.2 Å². The van der Waals surface area contributed by atoms with E-state index in [-0.39, 0.29) is 24.0 Å². The van der Waals surface area contributed by atoms with Gasteiger partial charge in [0.1, 0.15) is 11.7 Å². The molecule has 0 N–H and O–H groups in total. The lowest BCUT2D eigenvalue weighted by molar-refractivity contribution is -0.141. The van der Waals surface area contributed by atoms with Gasteiger partial charge in [0.15, 0.2) is 0 Å². The molecule has 1 atom stereocenters. The maximum Gasteiger partial charge on any atom is 0.290 e. The molecule has 1 unspecified atom stereocenters. The van der Waals surface area contributed by atoms with E-state index in [9.17, 15) is 24.0 Å². The van der Waals surface area contributed by atoms with Crippen LogP contribution in [0.25, 0.3) is 0 Å². The van der Waals surface area contributed by atoms with Crippen molar-refractivity contribution in [1.82, 2.24) is 9.80 Å². The first-order valence-corrected chi connectivity index (χ1v) is 5.83. The molecule has 2 aliphatic rings. The number of ketones is 3. The van der Waals surface area contributed by atoms with Gasteiger partial charge in [-0.25, -0.2) is 0 Å². The van der Waals surface area contributed by atoms with Crippen LogP contribution in [-0.2, 0) is 24.0 Å². The fourth-order valence-electron chi connectivity index (χ4n) is 1.78. The maximum absolute atomic E-state index is 10.9.